The van der Waals surface area contributed by atoms with Gasteiger partial charge in [-0.3, -0.25) is 0 Å². The van der Waals surface area contributed by atoms with Crippen molar-refractivity contribution >= 4 is 10.2 Å². The first-order valence-electron chi connectivity index (χ1n) is 7.25. The molecule has 0 amide bonds. The molecule has 1 N–H and O–H groups in total. The van der Waals surface area contributed by atoms with E-state index in [1.54, 1.807) is 0 Å². The van der Waals surface area contributed by atoms with Crippen LogP contribution in [0, 0.1) is 0 Å². The second-order valence-corrected chi connectivity index (χ2v) is 6.88. The lowest BCUT2D eigenvalue weighted by Gasteiger charge is -2.12. The van der Waals surface area contributed by atoms with Gasteiger partial charge in [-0.2, -0.15) is 12.7 Å². The predicted octanol–water partition coefficient (Wildman–Crippen LogP) is 2.15. The standard InChI is InChI=1S/C13H30N2O3S/c1-4-5-6-7-8-9-12-18-13-10-11-14-19(16,17)15(2)3/h14H,4-13H2,1-3H3. The molecule has 0 heterocycles. The average molecular weight is 294 g/mol. The minimum Gasteiger partial charge on any atom is -0.381 e. The van der Waals surface area contributed by atoms with E-state index < -0.39 is 10.2 Å². The van der Waals surface area contributed by atoms with E-state index >= 15 is 0 Å². The van der Waals surface area contributed by atoms with Gasteiger partial charge in [0.25, 0.3) is 10.2 Å². The molecule has 0 saturated carbocycles. The third-order valence-electron chi connectivity index (χ3n) is 2.87. The van der Waals surface area contributed by atoms with Gasteiger partial charge in [0.1, 0.15) is 0 Å². The van der Waals surface area contributed by atoms with Crippen LogP contribution >= 0.6 is 0 Å². The van der Waals surface area contributed by atoms with Crippen LogP contribution in [0.2, 0.25) is 0 Å². The first kappa shape index (κ1) is 18.8. The molecular weight excluding hydrogens is 264 g/mol. The Morgan fingerprint density at radius 2 is 1.53 bits per heavy atom. The summed E-state index contributed by atoms with van der Waals surface area (Å²) in [5.41, 5.74) is 0. The van der Waals surface area contributed by atoms with Gasteiger partial charge >= 0.3 is 0 Å². The second-order valence-electron chi connectivity index (χ2n) is 4.92. The van der Waals surface area contributed by atoms with Crippen molar-refractivity contribution in [2.45, 2.75) is 51.9 Å². The molecule has 0 saturated heterocycles. The summed E-state index contributed by atoms with van der Waals surface area (Å²) in [5, 5.41) is 0. The Kier molecular flexibility index (Phi) is 11.5. The van der Waals surface area contributed by atoms with Crippen molar-refractivity contribution in [1.82, 2.24) is 9.03 Å². The van der Waals surface area contributed by atoms with E-state index in [0.29, 0.717) is 19.6 Å². The molecular formula is C13H30N2O3S. The Labute approximate surface area is 118 Å². The van der Waals surface area contributed by atoms with Gasteiger partial charge in [-0.05, 0) is 12.8 Å². The maximum absolute atomic E-state index is 11.4. The van der Waals surface area contributed by atoms with Crippen LogP contribution in [0.5, 0.6) is 0 Å². The summed E-state index contributed by atoms with van der Waals surface area (Å²) in [6.07, 6.45) is 8.26. The quantitative estimate of drug-likeness (QED) is 0.530. The first-order valence-corrected chi connectivity index (χ1v) is 8.69. The van der Waals surface area contributed by atoms with Crippen molar-refractivity contribution in [3.8, 4) is 0 Å². The van der Waals surface area contributed by atoms with Crippen LogP contribution in [0.15, 0.2) is 0 Å². The second kappa shape index (κ2) is 11.6. The minimum absolute atomic E-state index is 0.428. The molecule has 19 heavy (non-hydrogen) atoms. The van der Waals surface area contributed by atoms with Crippen LogP contribution in [-0.4, -0.2) is 46.6 Å². The molecule has 0 radical (unpaired) electrons. The van der Waals surface area contributed by atoms with Crippen molar-refractivity contribution in [1.29, 1.82) is 0 Å². The number of nitrogens with zero attached hydrogens (tertiary/aromatic N) is 1. The van der Waals surface area contributed by atoms with E-state index in [2.05, 4.69) is 11.6 Å². The normalized spacial score (nSPS) is 12.2. The van der Waals surface area contributed by atoms with E-state index in [1.165, 1.54) is 50.5 Å². The molecule has 0 bridgehead atoms. The largest absolute Gasteiger partial charge is 0.381 e. The van der Waals surface area contributed by atoms with Gasteiger partial charge < -0.3 is 4.74 Å². The number of ether oxygens (including phenoxy) is 1. The highest BCUT2D eigenvalue weighted by Crippen LogP contribution is 2.04. The van der Waals surface area contributed by atoms with Crippen molar-refractivity contribution in [3.05, 3.63) is 0 Å². The summed E-state index contributed by atoms with van der Waals surface area (Å²) < 4.78 is 31.9. The molecule has 0 aliphatic rings. The fraction of sp³-hybridized carbons (Fsp3) is 1.00. The zero-order chi connectivity index (χ0) is 14.6. The summed E-state index contributed by atoms with van der Waals surface area (Å²) in [6, 6.07) is 0. The highest BCUT2D eigenvalue weighted by Gasteiger charge is 2.10. The van der Waals surface area contributed by atoms with Crippen molar-refractivity contribution in [2.24, 2.45) is 0 Å². The highest BCUT2D eigenvalue weighted by atomic mass is 32.2. The third kappa shape index (κ3) is 11.4. The van der Waals surface area contributed by atoms with Crippen LogP contribution in [0.1, 0.15) is 51.9 Å². The molecule has 0 aromatic rings. The molecule has 6 heteroatoms. The van der Waals surface area contributed by atoms with Gasteiger partial charge in [0.05, 0.1) is 0 Å². The number of rotatable bonds is 13. The molecule has 0 fully saturated rings. The molecule has 0 aromatic heterocycles. The van der Waals surface area contributed by atoms with Crippen molar-refractivity contribution in [2.75, 3.05) is 33.9 Å². The summed E-state index contributed by atoms with van der Waals surface area (Å²) >= 11 is 0. The highest BCUT2D eigenvalue weighted by molar-refractivity contribution is 7.87. The van der Waals surface area contributed by atoms with Gasteiger partial charge in [-0.15, -0.1) is 0 Å². The number of hydrogen-bond acceptors (Lipinski definition) is 3. The molecule has 116 valence electrons. The molecule has 0 rings (SSSR count). The van der Waals surface area contributed by atoms with Crippen molar-refractivity contribution < 1.29 is 13.2 Å². The fourth-order valence-corrected chi connectivity index (χ4v) is 2.25. The first-order chi connectivity index (χ1) is 9.00. The zero-order valence-corrected chi connectivity index (χ0v) is 13.5. The lowest BCUT2D eigenvalue weighted by Crippen LogP contribution is -2.36. The Balaban J connectivity index is 3.24. The van der Waals surface area contributed by atoms with Gasteiger partial charge in [-0.25, -0.2) is 4.72 Å². The third-order valence-corrected chi connectivity index (χ3v) is 4.40. The molecule has 0 aromatic carbocycles. The molecule has 5 nitrogen and oxygen atoms in total. The van der Waals surface area contributed by atoms with Crippen LogP contribution < -0.4 is 4.72 Å². The van der Waals surface area contributed by atoms with E-state index in [4.69, 9.17) is 4.74 Å². The van der Waals surface area contributed by atoms with Crippen LogP contribution in [0.3, 0.4) is 0 Å². The Morgan fingerprint density at radius 1 is 0.947 bits per heavy atom. The van der Waals surface area contributed by atoms with Crippen molar-refractivity contribution in [3.63, 3.8) is 0 Å². The molecule has 0 unspecified atom stereocenters. The SMILES string of the molecule is CCCCCCCCOCCCNS(=O)(=O)N(C)C. The summed E-state index contributed by atoms with van der Waals surface area (Å²) in [6.45, 7) is 4.04. The zero-order valence-electron chi connectivity index (χ0n) is 12.7. The van der Waals surface area contributed by atoms with E-state index in [1.807, 2.05) is 0 Å². The van der Waals surface area contributed by atoms with Crippen LogP contribution in [-0.2, 0) is 14.9 Å². The van der Waals surface area contributed by atoms with Crippen LogP contribution in [0.4, 0.5) is 0 Å². The lowest BCUT2D eigenvalue weighted by molar-refractivity contribution is 0.128. The number of unbranched alkanes of at least 4 members (excludes halogenated alkanes) is 5. The van der Waals surface area contributed by atoms with E-state index in [-0.39, 0.29) is 0 Å². The Hall–Kier alpha value is -0.170. The maximum atomic E-state index is 11.4. The van der Waals surface area contributed by atoms with Gasteiger partial charge in [0.2, 0.25) is 0 Å². The monoisotopic (exact) mass is 294 g/mol. The van der Waals surface area contributed by atoms with E-state index in [0.717, 1.165) is 13.0 Å². The summed E-state index contributed by atoms with van der Waals surface area (Å²) in [5.74, 6) is 0. The number of nitrogens with one attached hydrogen (secondary N) is 1. The molecule has 0 aliphatic carbocycles. The summed E-state index contributed by atoms with van der Waals surface area (Å²) in [4.78, 5) is 0. The molecule has 0 spiro atoms. The maximum Gasteiger partial charge on any atom is 0.278 e. The Bertz CT molecular complexity index is 292. The molecule has 0 aliphatic heterocycles. The number of hydrogen-bond donors (Lipinski definition) is 1. The molecule has 0 atom stereocenters. The van der Waals surface area contributed by atoms with Gasteiger partial charge in [-0.1, -0.05) is 39.0 Å². The minimum atomic E-state index is -3.28. The lowest BCUT2D eigenvalue weighted by atomic mass is 10.1. The van der Waals surface area contributed by atoms with Gasteiger partial charge in [0, 0.05) is 33.9 Å². The summed E-state index contributed by atoms with van der Waals surface area (Å²) in [7, 11) is -0.258. The van der Waals surface area contributed by atoms with E-state index in [9.17, 15) is 8.42 Å². The smallest absolute Gasteiger partial charge is 0.278 e. The Morgan fingerprint density at radius 3 is 2.16 bits per heavy atom. The fourth-order valence-electron chi connectivity index (χ4n) is 1.59. The predicted molar refractivity (Wildman–Crippen MR) is 79.4 cm³/mol. The topological polar surface area (TPSA) is 58.6 Å². The average Bonchev–Trinajstić information content (AvgIpc) is 2.35. The van der Waals surface area contributed by atoms with Gasteiger partial charge in [0.15, 0.2) is 0 Å². The van der Waals surface area contributed by atoms with Crippen LogP contribution in [0.25, 0.3) is 0 Å².